The Hall–Kier alpha value is -3.36. The molecule has 8 nitrogen and oxygen atoms in total. The summed E-state index contributed by atoms with van der Waals surface area (Å²) in [7, 11) is 0. The lowest BCUT2D eigenvalue weighted by molar-refractivity contribution is -0.165. The molecule has 35 heavy (non-hydrogen) atoms. The lowest BCUT2D eigenvalue weighted by atomic mass is 9.92. The van der Waals surface area contributed by atoms with Crippen LogP contribution in [0, 0.1) is 0 Å². The van der Waals surface area contributed by atoms with Gasteiger partial charge in [0.2, 0.25) is 0 Å². The van der Waals surface area contributed by atoms with Gasteiger partial charge in [-0.3, -0.25) is 5.32 Å². The number of nitrogens with zero attached hydrogens (tertiary/aromatic N) is 2. The van der Waals surface area contributed by atoms with Crippen LogP contribution in [-0.2, 0) is 14.9 Å². The zero-order valence-electron chi connectivity index (χ0n) is 20.5. The third-order valence-electron chi connectivity index (χ3n) is 5.52. The monoisotopic (exact) mass is 479 g/mol. The Morgan fingerprint density at radius 2 is 1.86 bits per heavy atom. The summed E-state index contributed by atoms with van der Waals surface area (Å²) in [6.45, 7) is 7.82. The van der Waals surface area contributed by atoms with Gasteiger partial charge in [-0.25, -0.2) is 9.48 Å². The van der Waals surface area contributed by atoms with Gasteiger partial charge in [0.05, 0.1) is 18.0 Å². The number of anilines is 1. The first-order chi connectivity index (χ1) is 16.9. The molecule has 0 saturated carbocycles. The lowest BCUT2D eigenvalue weighted by Gasteiger charge is -2.22. The van der Waals surface area contributed by atoms with Gasteiger partial charge in [-0.05, 0) is 43.5 Å². The van der Waals surface area contributed by atoms with E-state index >= 15 is 0 Å². The fourth-order valence-electron chi connectivity index (χ4n) is 3.65. The van der Waals surface area contributed by atoms with E-state index in [1.807, 2.05) is 48.5 Å². The molecule has 2 aromatic carbocycles. The van der Waals surface area contributed by atoms with Crippen molar-refractivity contribution in [1.29, 1.82) is 0 Å². The first-order valence-corrected chi connectivity index (χ1v) is 12.0. The number of nitrogens with one attached hydrogen (secondary N) is 1. The molecule has 186 valence electrons. The number of hydrogen-bond acceptors (Lipinski definition) is 6. The first kappa shape index (κ1) is 24.8. The van der Waals surface area contributed by atoms with E-state index < -0.39 is 6.09 Å². The average molecular weight is 480 g/mol. The van der Waals surface area contributed by atoms with Crippen molar-refractivity contribution in [2.45, 2.75) is 51.7 Å². The Morgan fingerprint density at radius 1 is 1.06 bits per heavy atom. The van der Waals surface area contributed by atoms with E-state index in [0.717, 1.165) is 37.3 Å². The molecule has 4 rings (SSSR count). The number of rotatable bonds is 8. The largest absolute Gasteiger partial charge is 0.491 e. The molecule has 2 heterocycles. The summed E-state index contributed by atoms with van der Waals surface area (Å²) >= 11 is 0. The minimum Gasteiger partial charge on any atom is -0.491 e. The topological polar surface area (TPSA) is 83.8 Å². The molecule has 1 N–H and O–H groups in total. The number of aromatic nitrogens is 2. The Balaban J connectivity index is 1.45. The highest BCUT2D eigenvalue weighted by Gasteiger charge is 2.22. The van der Waals surface area contributed by atoms with Crippen molar-refractivity contribution in [1.82, 2.24) is 9.78 Å². The van der Waals surface area contributed by atoms with Crippen LogP contribution in [0.5, 0.6) is 11.5 Å². The van der Waals surface area contributed by atoms with E-state index in [0.29, 0.717) is 30.5 Å². The van der Waals surface area contributed by atoms with Crippen molar-refractivity contribution in [3.8, 4) is 17.2 Å². The molecule has 1 saturated heterocycles. The number of benzene rings is 2. The summed E-state index contributed by atoms with van der Waals surface area (Å²) in [5, 5.41) is 7.58. The molecule has 0 bridgehead atoms. The Morgan fingerprint density at radius 3 is 2.60 bits per heavy atom. The highest BCUT2D eigenvalue weighted by Crippen LogP contribution is 2.28. The van der Waals surface area contributed by atoms with Gasteiger partial charge in [-0.2, -0.15) is 5.10 Å². The van der Waals surface area contributed by atoms with E-state index in [1.54, 1.807) is 16.8 Å². The highest BCUT2D eigenvalue weighted by molar-refractivity contribution is 5.85. The maximum atomic E-state index is 12.6. The van der Waals surface area contributed by atoms with Gasteiger partial charge in [0, 0.05) is 24.2 Å². The normalized spacial score (nSPS) is 16.0. The molecule has 0 spiro atoms. The number of ether oxygens (including phenoxy) is 4. The molecule has 1 aliphatic heterocycles. The van der Waals surface area contributed by atoms with Gasteiger partial charge in [-0.15, -0.1) is 0 Å². The zero-order valence-corrected chi connectivity index (χ0v) is 20.5. The molecule has 1 atom stereocenters. The van der Waals surface area contributed by atoms with Crippen LogP contribution >= 0.6 is 0 Å². The van der Waals surface area contributed by atoms with Gasteiger partial charge in [0.25, 0.3) is 0 Å². The fraction of sp³-hybridized carbons (Fsp3) is 0.407. The van der Waals surface area contributed by atoms with Crippen molar-refractivity contribution in [2.24, 2.45) is 0 Å². The fourth-order valence-corrected chi connectivity index (χ4v) is 3.65. The van der Waals surface area contributed by atoms with Crippen LogP contribution in [-0.4, -0.2) is 42.0 Å². The molecule has 1 aliphatic rings. The molecule has 1 aromatic heterocycles. The quantitative estimate of drug-likeness (QED) is 0.417. The zero-order chi connectivity index (χ0) is 24.7. The highest BCUT2D eigenvalue weighted by atomic mass is 16.7. The van der Waals surface area contributed by atoms with Crippen LogP contribution in [0.25, 0.3) is 5.69 Å². The van der Waals surface area contributed by atoms with Gasteiger partial charge in [0.15, 0.2) is 6.29 Å². The first-order valence-electron chi connectivity index (χ1n) is 12.0. The van der Waals surface area contributed by atoms with Crippen molar-refractivity contribution in [3.05, 3.63) is 66.4 Å². The Kier molecular flexibility index (Phi) is 8.05. The third kappa shape index (κ3) is 7.07. The molecule has 0 aliphatic carbocycles. The molecule has 8 heteroatoms. The molecular weight excluding hydrogens is 446 g/mol. The second kappa shape index (κ2) is 11.4. The molecular formula is C27H33N3O5. The van der Waals surface area contributed by atoms with Crippen LogP contribution in [0.4, 0.5) is 10.6 Å². The van der Waals surface area contributed by atoms with Crippen LogP contribution in [0.15, 0.2) is 60.7 Å². The number of carbonyl (C=O) groups excluding carboxylic acids is 1. The molecule has 0 unspecified atom stereocenters. The maximum Gasteiger partial charge on any atom is 0.418 e. The second-order valence-electron chi connectivity index (χ2n) is 9.42. The maximum absolute atomic E-state index is 12.6. The standard InChI is InChI=1S/C27H33N3O5/c1-27(2,3)23-19-24(28-26(31)35-21-11-5-4-6-12-21)30(29-23)20-10-9-13-22(18-20)32-16-17-34-25-14-7-8-15-33-25/h4-6,9-13,18-19,25H,7-8,14-17H2,1-3H3,(H,28,31)/t25-/m0/s1. The second-order valence-corrected chi connectivity index (χ2v) is 9.42. The van der Waals surface area contributed by atoms with E-state index in [9.17, 15) is 4.79 Å². The van der Waals surface area contributed by atoms with E-state index in [2.05, 4.69) is 26.1 Å². The summed E-state index contributed by atoms with van der Waals surface area (Å²) in [5.41, 5.74) is 1.38. The lowest BCUT2D eigenvalue weighted by Crippen LogP contribution is -2.24. The number of hydrogen-bond donors (Lipinski definition) is 1. The third-order valence-corrected chi connectivity index (χ3v) is 5.52. The summed E-state index contributed by atoms with van der Waals surface area (Å²) < 4.78 is 24.3. The summed E-state index contributed by atoms with van der Waals surface area (Å²) in [6.07, 6.45) is 2.42. The number of amides is 1. The predicted octanol–water partition coefficient (Wildman–Crippen LogP) is 5.70. The molecule has 0 radical (unpaired) electrons. The smallest absolute Gasteiger partial charge is 0.418 e. The van der Waals surface area contributed by atoms with E-state index in [4.69, 9.17) is 24.0 Å². The van der Waals surface area contributed by atoms with Crippen LogP contribution < -0.4 is 14.8 Å². The van der Waals surface area contributed by atoms with Crippen LogP contribution in [0.3, 0.4) is 0 Å². The van der Waals surface area contributed by atoms with E-state index in [-0.39, 0.29) is 11.7 Å². The summed E-state index contributed by atoms with van der Waals surface area (Å²) in [6, 6.07) is 18.3. The van der Waals surface area contributed by atoms with Crippen molar-refractivity contribution in [3.63, 3.8) is 0 Å². The number of carbonyl (C=O) groups is 1. The van der Waals surface area contributed by atoms with E-state index in [1.165, 1.54) is 0 Å². The van der Waals surface area contributed by atoms with Gasteiger partial charge >= 0.3 is 6.09 Å². The van der Waals surface area contributed by atoms with Crippen LogP contribution in [0.1, 0.15) is 45.7 Å². The van der Waals surface area contributed by atoms with Gasteiger partial charge in [0.1, 0.15) is 23.9 Å². The molecule has 3 aromatic rings. The molecule has 1 amide bonds. The summed E-state index contributed by atoms with van der Waals surface area (Å²) in [4.78, 5) is 12.6. The van der Waals surface area contributed by atoms with Crippen LogP contribution in [0.2, 0.25) is 0 Å². The van der Waals surface area contributed by atoms with Crippen molar-refractivity contribution >= 4 is 11.9 Å². The average Bonchev–Trinajstić information content (AvgIpc) is 3.28. The molecule has 1 fully saturated rings. The van der Waals surface area contributed by atoms with Gasteiger partial charge in [-0.1, -0.05) is 45.0 Å². The minimum absolute atomic E-state index is 0.136. The SMILES string of the molecule is CC(C)(C)c1cc(NC(=O)Oc2ccccc2)n(-c2cccc(OCCO[C@H]3CCCCO3)c2)n1. The van der Waals surface area contributed by atoms with Crippen molar-refractivity contribution < 1.29 is 23.7 Å². The summed E-state index contributed by atoms with van der Waals surface area (Å²) in [5.74, 6) is 1.65. The van der Waals surface area contributed by atoms with Crippen molar-refractivity contribution in [2.75, 3.05) is 25.1 Å². The Bertz CT molecular complexity index is 1100. The number of para-hydroxylation sites is 1. The minimum atomic E-state index is -0.590. The predicted molar refractivity (Wildman–Crippen MR) is 133 cm³/mol. The van der Waals surface area contributed by atoms with Gasteiger partial charge < -0.3 is 18.9 Å². The Labute approximate surface area is 206 Å².